The minimum atomic E-state index is -0.712. The number of imidazole rings is 1. The SMILES string of the molecule is COC(=O)N1c2ccc3c(nc(Cc4ccc(OC)c(OC)c4)n3[C@H]3CC[C@H](C(=O)O)CC3)c2CC[C@@H]1C. The number of ether oxygens (including phenoxy) is 3. The molecule has 1 saturated carbocycles. The van der Waals surface area contributed by atoms with Crippen molar-refractivity contribution in [2.75, 3.05) is 26.2 Å². The third kappa shape index (κ3) is 4.54. The number of nitrogens with zero attached hydrogens (tertiary/aromatic N) is 3. The smallest absolute Gasteiger partial charge is 0.414 e. The molecule has 0 spiro atoms. The van der Waals surface area contributed by atoms with Crippen LogP contribution in [-0.4, -0.2) is 54.1 Å². The van der Waals surface area contributed by atoms with Crippen molar-refractivity contribution in [3.8, 4) is 11.5 Å². The van der Waals surface area contributed by atoms with Crippen LogP contribution in [0.4, 0.5) is 10.5 Å². The monoisotopic (exact) mass is 521 g/mol. The molecule has 1 amide bonds. The zero-order valence-corrected chi connectivity index (χ0v) is 22.4. The lowest BCUT2D eigenvalue weighted by Crippen LogP contribution is -2.42. The van der Waals surface area contributed by atoms with Gasteiger partial charge in [0.2, 0.25) is 0 Å². The first-order valence-electron chi connectivity index (χ1n) is 13.2. The lowest BCUT2D eigenvalue weighted by atomic mass is 9.85. The first-order valence-corrected chi connectivity index (χ1v) is 13.2. The molecule has 1 aromatic heterocycles. The highest BCUT2D eigenvalue weighted by Crippen LogP contribution is 2.41. The summed E-state index contributed by atoms with van der Waals surface area (Å²) in [5.74, 6) is 1.24. The summed E-state index contributed by atoms with van der Waals surface area (Å²) in [5, 5.41) is 9.53. The second-order valence-corrected chi connectivity index (χ2v) is 10.3. The van der Waals surface area contributed by atoms with Gasteiger partial charge in [-0.1, -0.05) is 6.07 Å². The Bertz CT molecular complexity index is 1360. The van der Waals surface area contributed by atoms with E-state index in [-0.39, 0.29) is 24.1 Å². The summed E-state index contributed by atoms with van der Waals surface area (Å²) in [6.07, 6.45) is 4.72. The van der Waals surface area contributed by atoms with Crippen LogP contribution in [-0.2, 0) is 22.4 Å². The van der Waals surface area contributed by atoms with Gasteiger partial charge in [0.05, 0.1) is 44.0 Å². The number of benzene rings is 2. The second-order valence-electron chi connectivity index (χ2n) is 10.3. The Labute approximate surface area is 222 Å². The van der Waals surface area contributed by atoms with Crippen molar-refractivity contribution >= 4 is 28.8 Å². The zero-order chi connectivity index (χ0) is 27.0. The first-order chi connectivity index (χ1) is 18.4. The number of carboxylic acid groups (broad SMARTS) is 1. The molecule has 1 N–H and O–H groups in total. The predicted octanol–water partition coefficient (Wildman–Crippen LogP) is 5.37. The molecule has 2 aliphatic rings. The molecule has 5 rings (SSSR count). The van der Waals surface area contributed by atoms with E-state index in [0.717, 1.165) is 59.4 Å². The van der Waals surface area contributed by atoms with Gasteiger partial charge in [-0.2, -0.15) is 0 Å². The lowest BCUT2D eigenvalue weighted by molar-refractivity contribution is -0.143. The molecular weight excluding hydrogens is 486 g/mol. The number of fused-ring (bicyclic) bond motifs is 3. The van der Waals surface area contributed by atoms with Gasteiger partial charge in [-0.25, -0.2) is 9.78 Å². The number of aliphatic carboxylic acids is 1. The average Bonchev–Trinajstić information content (AvgIpc) is 3.30. The van der Waals surface area contributed by atoms with E-state index in [1.807, 2.05) is 31.2 Å². The molecule has 0 saturated heterocycles. The molecule has 2 heterocycles. The molecule has 9 heteroatoms. The van der Waals surface area contributed by atoms with Crippen molar-refractivity contribution < 1.29 is 28.9 Å². The van der Waals surface area contributed by atoms with Crippen LogP contribution in [0.2, 0.25) is 0 Å². The van der Waals surface area contributed by atoms with Crippen LogP contribution >= 0.6 is 0 Å². The van der Waals surface area contributed by atoms with Crippen LogP contribution in [0, 0.1) is 5.92 Å². The van der Waals surface area contributed by atoms with Gasteiger partial charge in [-0.3, -0.25) is 9.69 Å². The van der Waals surface area contributed by atoms with E-state index in [1.54, 1.807) is 19.1 Å². The third-order valence-corrected chi connectivity index (χ3v) is 8.12. The van der Waals surface area contributed by atoms with Crippen LogP contribution in [0.25, 0.3) is 11.0 Å². The fourth-order valence-electron chi connectivity index (χ4n) is 6.11. The van der Waals surface area contributed by atoms with Crippen molar-refractivity contribution in [1.82, 2.24) is 9.55 Å². The van der Waals surface area contributed by atoms with Gasteiger partial charge < -0.3 is 23.9 Å². The average molecular weight is 522 g/mol. The number of hydrogen-bond acceptors (Lipinski definition) is 6. The minimum Gasteiger partial charge on any atom is -0.493 e. The van der Waals surface area contributed by atoms with Crippen molar-refractivity contribution in [2.45, 2.75) is 64.0 Å². The summed E-state index contributed by atoms with van der Waals surface area (Å²) in [6, 6.07) is 10.1. The molecule has 2 aromatic carbocycles. The van der Waals surface area contributed by atoms with E-state index in [1.165, 1.54) is 7.11 Å². The van der Waals surface area contributed by atoms with E-state index in [9.17, 15) is 14.7 Å². The molecule has 9 nitrogen and oxygen atoms in total. The maximum atomic E-state index is 12.6. The fraction of sp³-hybridized carbons (Fsp3) is 0.483. The van der Waals surface area contributed by atoms with E-state index in [0.29, 0.717) is 30.8 Å². The number of amides is 1. The Morgan fingerprint density at radius 1 is 1.00 bits per heavy atom. The summed E-state index contributed by atoms with van der Waals surface area (Å²) in [7, 11) is 4.65. The summed E-state index contributed by atoms with van der Waals surface area (Å²) in [5.41, 5.74) is 4.87. The topological polar surface area (TPSA) is 103 Å². The predicted molar refractivity (Wildman–Crippen MR) is 143 cm³/mol. The maximum Gasteiger partial charge on any atom is 0.414 e. The Kier molecular flexibility index (Phi) is 7.19. The molecule has 0 unspecified atom stereocenters. The summed E-state index contributed by atoms with van der Waals surface area (Å²) in [6.45, 7) is 2.03. The second kappa shape index (κ2) is 10.6. The van der Waals surface area contributed by atoms with Crippen molar-refractivity contribution in [1.29, 1.82) is 0 Å². The van der Waals surface area contributed by atoms with E-state index < -0.39 is 5.97 Å². The molecule has 1 aliphatic heterocycles. The number of carboxylic acids is 1. The van der Waals surface area contributed by atoms with Crippen LogP contribution in [0.1, 0.15) is 62.0 Å². The van der Waals surface area contributed by atoms with Crippen molar-refractivity contribution in [2.24, 2.45) is 5.92 Å². The van der Waals surface area contributed by atoms with Crippen LogP contribution < -0.4 is 14.4 Å². The largest absolute Gasteiger partial charge is 0.493 e. The standard InChI is InChI=1S/C29H35N3O6/c1-17-5-11-21-22(31(17)29(35)38-4)12-13-23-27(21)30-26(16-18-6-14-24(36-2)25(15-18)37-3)32(23)20-9-7-19(8-10-20)28(33)34/h6,12-15,17,19-20H,5,7-11,16H2,1-4H3,(H,33,34)/t17-,19-,20-/m0/s1. The van der Waals surface area contributed by atoms with E-state index in [4.69, 9.17) is 19.2 Å². The summed E-state index contributed by atoms with van der Waals surface area (Å²) in [4.78, 5) is 31.2. The maximum absolute atomic E-state index is 12.6. The molecule has 1 atom stereocenters. The summed E-state index contributed by atoms with van der Waals surface area (Å²) < 4.78 is 18.3. The number of rotatable bonds is 6. The van der Waals surface area contributed by atoms with Crippen molar-refractivity contribution in [3.63, 3.8) is 0 Å². The van der Waals surface area contributed by atoms with Crippen molar-refractivity contribution in [3.05, 3.63) is 47.3 Å². The number of carbonyl (C=O) groups is 2. The van der Waals surface area contributed by atoms with Gasteiger partial charge in [-0.15, -0.1) is 0 Å². The van der Waals surface area contributed by atoms with E-state index in [2.05, 4.69) is 10.6 Å². The van der Waals surface area contributed by atoms with E-state index >= 15 is 0 Å². The zero-order valence-electron chi connectivity index (χ0n) is 22.4. The normalized spacial score (nSPS) is 21.2. The Morgan fingerprint density at radius 3 is 2.39 bits per heavy atom. The quantitative estimate of drug-likeness (QED) is 0.465. The van der Waals surface area contributed by atoms with Gasteiger partial charge in [0, 0.05) is 24.1 Å². The lowest BCUT2D eigenvalue weighted by Gasteiger charge is -2.34. The molecule has 38 heavy (non-hydrogen) atoms. The molecule has 202 valence electrons. The Hall–Kier alpha value is -3.75. The highest BCUT2D eigenvalue weighted by molar-refractivity contribution is 5.95. The highest BCUT2D eigenvalue weighted by atomic mass is 16.5. The molecular formula is C29H35N3O6. The van der Waals surface area contributed by atoms with Gasteiger partial charge in [0.25, 0.3) is 0 Å². The van der Waals surface area contributed by atoms with Crippen LogP contribution in [0.15, 0.2) is 30.3 Å². The third-order valence-electron chi connectivity index (χ3n) is 8.12. The fourth-order valence-corrected chi connectivity index (χ4v) is 6.11. The number of hydrogen-bond donors (Lipinski definition) is 1. The summed E-state index contributed by atoms with van der Waals surface area (Å²) >= 11 is 0. The van der Waals surface area contributed by atoms with Gasteiger partial charge in [0.15, 0.2) is 11.5 Å². The molecule has 0 radical (unpaired) electrons. The van der Waals surface area contributed by atoms with Gasteiger partial charge >= 0.3 is 12.1 Å². The first kappa shape index (κ1) is 25.9. The highest BCUT2D eigenvalue weighted by Gasteiger charge is 2.33. The number of carbonyl (C=O) groups excluding carboxylic acids is 1. The number of aromatic nitrogens is 2. The Balaban J connectivity index is 1.61. The molecule has 0 bridgehead atoms. The molecule has 3 aromatic rings. The minimum absolute atomic E-state index is 0.0343. The molecule has 1 aliphatic carbocycles. The number of methoxy groups -OCH3 is 3. The van der Waals surface area contributed by atoms with Crippen LogP contribution in [0.3, 0.4) is 0 Å². The van der Waals surface area contributed by atoms with Gasteiger partial charge in [-0.05, 0) is 75.3 Å². The Morgan fingerprint density at radius 2 is 1.74 bits per heavy atom. The van der Waals surface area contributed by atoms with Gasteiger partial charge in [0.1, 0.15) is 5.82 Å². The number of anilines is 1. The number of aryl methyl sites for hydroxylation is 1. The van der Waals surface area contributed by atoms with Crippen LogP contribution in [0.5, 0.6) is 11.5 Å². The molecule has 1 fully saturated rings.